The molecule has 3 rings (SSSR count). The number of hydrogen-bond acceptors (Lipinski definition) is 7. The van der Waals surface area contributed by atoms with Gasteiger partial charge >= 0.3 is 0 Å². The topological polar surface area (TPSA) is 85.8 Å². The third-order valence-electron chi connectivity index (χ3n) is 3.07. The van der Waals surface area contributed by atoms with Gasteiger partial charge < -0.3 is 10.6 Å². The van der Waals surface area contributed by atoms with Gasteiger partial charge in [0.15, 0.2) is 0 Å². The van der Waals surface area contributed by atoms with Crippen LogP contribution in [0.15, 0.2) is 18.7 Å². The van der Waals surface area contributed by atoms with Crippen molar-refractivity contribution in [3.8, 4) is 5.95 Å². The highest BCUT2D eigenvalue weighted by Crippen LogP contribution is 2.31. The van der Waals surface area contributed by atoms with Crippen LogP contribution in [0.5, 0.6) is 0 Å². The van der Waals surface area contributed by atoms with Crippen LogP contribution in [0, 0.1) is 0 Å². The van der Waals surface area contributed by atoms with Crippen molar-refractivity contribution in [1.82, 2.24) is 24.5 Å². The summed E-state index contributed by atoms with van der Waals surface area (Å²) in [6.07, 6.45) is 5.11. The minimum absolute atomic E-state index is 0.189. The van der Waals surface area contributed by atoms with Crippen LogP contribution in [0.3, 0.4) is 0 Å². The number of anilines is 2. The molecule has 106 valence electrons. The second-order valence-corrected chi connectivity index (χ2v) is 7.10. The molecular weight excluding hydrogens is 274 g/mol. The van der Waals surface area contributed by atoms with Crippen LogP contribution >= 0.6 is 11.8 Å². The van der Waals surface area contributed by atoms with E-state index in [-0.39, 0.29) is 10.7 Å². The zero-order chi connectivity index (χ0) is 14.2. The summed E-state index contributed by atoms with van der Waals surface area (Å²) in [5.74, 6) is 2.42. The van der Waals surface area contributed by atoms with E-state index in [0.717, 1.165) is 18.8 Å². The monoisotopic (exact) mass is 291 g/mol. The molecule has 3 heterocycles. The molecule has 0 saturated carbocycles. The van der Waals surface area contributed by atoms with Crippen LogP contribution in [0.1, 0.15) is 13.8 Å². The SMILES string of the molecule is CC1(C)CN(c2nc(N)nc(-n3ccnc3)n2)CCS1. The second kappa shape index (κ2) is 4.93. The van der Waals surface area contributed by atoms with E-state index in [2.05, 4.69) is 38.7 Å². The summed E-state index contributed by atoms with van der Waals surface area (Å²) < 4.78 is 1.92. The fourth-order valence-electron chi connectivity index (χ4n) is 2.19. The highest BCUT2D eigenvalue weighted by molar-refractivity contribution is 8.00. The fourth-order valence-corrected chi connectivity index (χ4v) is 3.30. The van der Waals surface area contributed by atoms with Gasteiger partial charge in [-0.05, 0) is 13.8 Å². The van der Waals surface area contributed by atoms with Crippen molar-refractivity contribution in [2.24, 2.45) is 0 Å². The molecule has 8 heteroatoms. The van der Waals surface area contributed by atoms with Crippen LogP contribution in [0.4, 0.5) is 11.9 Å². The Bertz CT molecular complexity index is 596. The van der Waals surface area contributed by atoms with Crippen molar-refractivity contribution in [3.63, 3.8) is 0 Å². The first-order valence-electron chi connectivity index (χ1n) is 6.42. The molecule has 0 unspecified atom stereocenters. The van der Waals surface area contributed by atoms with Crippen LogP contribution in [0.25, 0.3) is 5.95 Å². The van der Waals surface area contributed by atoms with E-state index < -0.39 is 0 Å². The van der Waals surface area contributed by atoms with Crippen molar-refractivity contribution in [3.05, 3.63) is 18.7 Å². The quantitative estimate of drug-likeness (QED) is 0.882. The Kier molecular flexibility index (Phi) is 3.25. The lowest BCUT2D eigenvalue weighted by Gasteiger charge is -2.37. The Balaban J connectivity index is 1.94. The average Bonchev–Trinajstić information content (AvgIpc) is 2.90. The molecule has 0 aliphatic carbocycles. The third kappa shape index (κ3) is 2.69. The number of rotatable bonds is 2. The Morgan fingerprint density at radius 2 is 2.05 bits per heavy atom. The van der Waals surface area contributed by atoms with Crippen LogP contribution in [-0.2, 0) is 0 Å². The molecule has 1 aliphatic heterocycles. The van der Waals surface area contributed by atoms with Gasteiger partial charge in [0.25, 0.3) is 0 Å². The molecule has 0 amide bonds. The van der Waals surface area contributed by atoms with E-state index in [9.17, 15) is 0 Å². The second-order valence-electron chi connectivity index (χ2n) is 5.29. The average molecular weight is 291 g/mol. The molecule has 2 aromatic rings. The van der Waals surface area contributed by atoms with Crippen molar-refractivity contribution in [2.45, 2.75) is 18.6 Å². The van der Waals surface area contributed by atoms with Gasteiger partial charge in [0.05, 0.1) is 0 Å². The number of hydrogen-bond donors (Lipinski definition) is 1. The molecular formula is C12H17N7S. The maximum Gasteiger partial charge on any atom is 0.241 e. The maximum absolute atomic E-state index is 5.81. The van der Waals surface area contributed by atoms with Crippen molar-refractivity contribution >= 4 is 23.7 Å². The summed E-state index contributed by atoms with van der Waals surface area (Å²) in [5.41, 5.74) is 5.81. The van der Waals surface area contributed by atoms with Gasteiger partial charge in [-0.2, -0.15) is 26.7 Å². The molecule has 20 heavy (non-hydrogen) atoms. The molecule has 0 radical (unpaired) electrons. The predicted octanol–water partition coefficient (Wildman–Crippen LogP) is 0.971. The zero-order valence-corrected chi connectivity index (χ0v) is 12.3. The van der Waals surface area contributed by atoms with Gasteiger partial charge in [0.1, 0.15) is 6.33 Å². The standard InChI is InChI=1S/C12H17N7S/c1-12(2)7-18(5-6-20-12)10-15-9(13)16-11(17-10)19-4-3-14-8-19/h3-4,8H,5-7H2,1-2H3,(H2,13,15,16,17). The number of nitrogens with two attached hydrogens (primary N) is 1. The Morgan fingerprint density at radius 3 is 2.75 bits per heavy atom. The summed E-state index contributed by atoms with van der Waals surface area (Å²) in [6.45, 7) is 6.27. The van der Waals surface area contributed by atoms with Crippen molar-refractivity contribution in [2.75, 3.05) is 29.5 Å². The Labute approximate surface area is 121 Å². The first-order chi connectivity index (χ1) is 9.53. The van der Waals surface area contributed by atoms with Gasteiger partial charge in [-0.15, -0.1) is 0 Å². The molecule has 1 fully saturated rings. The molecule has 1 saturated heterocycles. The van der Waals surface area contributed by atoms with Crippen molar-refractivity contribution in [1.29, 1.82) is 0 Å². The maximum atomic E-state index is 5.81. The van der Waals surface area contributed by atoms with Crippen LogP contribution in [-0.4, -0.2) is 48.1 Å². The lowest BCUT2D eigenvalue weighted by Crippen LogP contribution is -2.44. The van der Waals surface area contributed by atoms with E-state index in [1.165, 1.54) is 0 Å². The summed E-state index contributed by atoms with van der Waals surface area (Å²) in [6, 6.07) is 0. The number of nitrogen functional groups attached to an aromatic ring is 1. The Hall–Kier alpha value is -1.83. The van der Waals surface area contributed by atoms with Gasteiger partial charge in [0, 0.05) is 36.0 Å². The lowest BCUT2D eigenvalue weighted by atomic mass is 10.2. The molecule has 0 bridgehead atoms. The first-order valence-corrected chi connectivity index (χ1v) is 7.41. The number of nitrogens with zero attached hydrogens (tertiary/aromatic N) is 6. The minimum atomic E-state index is 0.189. The highest BCUT2D eigenvalue weighted by Gasteiger charge is 2.28. The number of thioether (sulfide) groups is 1. The number of imidazole rings is 1. The molecule has 2 N–H and O–H groups in total. The van der Waals surface area contributed by atoms with E-state index in [1.54, 1.807) is 23.3 Å². The van der Waals surface area contributed by atoms with Gasteiger partial charge in [-0.3, -0.25) is 4.57 Å². The van der Waals surface area contributed by atoms with Crippen LogP contribution in [0.2, 0.25) is 0 Å². The molecule has 2 aromatic heterocycles. The first kappa shape index (κ1) is 13.2. The summed E-state index contributed by atoms with van der Waals surface area (Å²) in [4.78, 5) is 19.1. The Morgan fingerprint density at radius 1 is 1.25 bits per heavy atom. The fraction of sp³-hybridized carbons (Fsp3) is 0.500. The largest absolute Gasteiger partial charge is 0.368 e. The molecule has 1 aliphatic rings. The summed E-state index contributed by atoms with van der Waals surface area (Å²) in [5, 5.41) is 0. The van der Waals surface area contributed by atoms with Crippen molar-refractivity contribution < 1.29 is 0 Å². The highest BCUT2D eigenvalue weighted by atomic mass is 32.2. The van der Waals surface area contributed by atoms with Gasteiger partial charge in [-0.1, -0.05) is 0 Å². The summed E-state index contributed by atoms with van der Waals surface area (Å²) >= 11 is 1.97. The molecule has 0 spiro atoms. The summed E-state index contributed by atoms with van der Waals surface area (Å²) in [7, 11) is 0. The smallest absolute Gasteiger partial charge is 0.241 e. The number of aromatic nitrogens is 5. The normalized spacial score (nSPS) is 18.2. The zero-order valence-electron chi connectivity index (χ0n) is 11.5. The van der Waals surface area contributed by atoms with E-state index in [1.807, 2.05) is 11.8 Å². The van der Waals surface area contributed by atoms with E-state index in [4.69, 9.17) is 5.73 Å². The predicted molar refractivity (Wildman–Crippen MR) is 80.1 cm³/mol. The molecule has 7 nitrogen and oxygen atoms in total. The molecule has 0 atom stereocenters. The third-order valence-corrected chi connectivity index (χ3v) is 4.37. The van der Waals surface area contributed by atoms with Gasteiger partial charge in [-0.25, -0.2) is 4.98 Å². The van der Waals surface area contributed by atoms with E-state index in [0.29, 0.717) is 11.9 Å². The lowest BCUT2D eigenvalue weighted by molar-refractivity contribution is 0.633. The minimum Gasteiger partial charge on any atom is -0.368 e. The van der Waals surface area contributed by atoms with E-state index >= 15 is 0 Å². The van der Waals surface area contributed by atoms with Gasteiger partial charge in [0.2, 0.25) is 17.8 Å². The van der Waals surface area contributed by atoms with Crippen LogP contribution < -0.4 is 10.6 Å². The molecule has 0 aromatic carbocycles.